The van der Waals surface area contributed by atoms with Crippen LogP contribution < -0.4 is 10.2 Å². The molecule has 5 aliphatic rings. The van der Waals surface area contributed by atoms with Crippen molar-refractivity contribution >= 4 is 51.6 Å². The van der Waals surface area contributed by atoms with Crippen molar-refractivity contribution in [2.75, 3.05) is 49.6 Å². The molecule has 1 spiro atoms. The summed E-state index contributed by atoms with van der Waals surface area (Å²) in [6, 6.07) is 10.3. The van der Waals surface area contributed by atoms with Gasteiger partial charge in [0.05, 0.1) is 53.5 Å². The van der Waals surface area contributed by atoms with Crippen molar-refractivity contribution in [3.8, 4) is 11.3 Å². The lowest BCUT2D eigenvalue weighted by atomic mass is 9.72. The highest BCUT2D eigenvalue weighted by Crippen LogP contribution is 2.53. The van der Waals surface area contributed by atoms with E-state index in [0.29, 0.717) is 67.6 Å². The van der Waals surface area contributed by atoms with Crippen LogP contribution in [-0.2, 0) is 19.7 Å². The molecule has 0 atom stereocenters. The summed E-state index contributed by atoms with van der Waals surface area (Å²) in [5.41, 5.74) is 4.21. The number of amides is 2. The molecule has 9 rings (SSSR count). The van der Waals surface area contributed by atoms with E-state index in [2.05, 4.69) is 59.9 Å². The molecule has 7 heterocycles. The smallest absolute Gasteiger partial charge is 0.238 e. The summed E-state index contributed by atoms with van der Waals surface area (Å²) in [5.74, 6) is 0.164. The number of nitrogens with one attached hydrogen (secondary N) is 1. The number of imidazole rings is 1. The zero-order valence-electron chi connectivity index (χ0n) is 31.7. The van der Waals surface area contributed by atoms with E-state index in [1.807, 2.05) is 28.5 Å². The van der Waals surface area contributed by atoms with E-state index in [1.165, 1.54) is 12.5 Å². The number of carbonyl (C=O) groups excluding carboxylic acids is 2. The summed E-state index contributed by atoms with van der Waals surface area (Å²) in [5, 5.41) is 3.35. The zero-order chi connectivity index (χ0) is 37.7. The molecule has 4 aliphatic heterocycles. The Labute approximate surface area is 320 Å². The second-order valence-electron chi connectivity index (χ2n) is 17.6. The largest absolute Gasteiger partial charge is 0.379 e. The lowest BCUT2D eigenvalue weighted by Crippen LogP contribution is -2.59. The maximum Gasteiger partial charge on any atom is 0.238 e. The fraction of sp³-hybridized carbons (Fsp3) is 0.537. The fourth-order valence-electron chi connectivity index (χ4n) is 9.46. The first-order valence-electron chi connectivity index (χ1n) is 19.3. The van der Waals surface area contributed by atoms with E-state index < -0.39 is 16.6 Å². The highest BCUT2D eigenvalue weighted by molar-refractivity contribution is 6.29. The Bertz CT molecular complexity index is 2170. The number of halogens is 2. The number of fused-ring (bicyclic) bond motifs is 3. The zero-order valence-corrected chi connectivity index (χ0v) is 32.4. The second kappa shape index (κ2) is 12.7. The molecule has 0 radical (unpaired) electrons. The third-order valence-electron chi connectivity index (χ3n) is 12.8. The number of hydrogen-bond donors (Lipinski definition) is 1. The van der Waals surface area contributed by atoms with Crippen LogP contribution in [0.25, 0.3) is 22.3 Å². The van der Waals surface area contributed by atoms with Gasteiger partial charge < -0.3 is 24.4 Å². The van der Waals surface area contributed by atoms with Crippen molar-refractivity contribution in [1.29, 1.82) is 0 Å². The maximum atomic E-state index is 15.0. The second-order valence-corrected chi connectivity index (χ2v) is 18.0. The van der Waals surface area contributed by atoms with Gasteiger partial charge in [0, 0.05) is 55.1 Å². The molecular formula is C41H48ClFN8O3. The summed E-state index contributed by atoms with van der Waals surface area (Å²) < 4.78 is 22.4. The average molecular weight is 755 g/mol. The molecule has 1 N–H and O–H groups in total. The monoisotopic (exact) mass is 754 g/mol. The Kier molecular flexibility index (Phi) is 8.37. The highest BCUT2D eigenvalue weighted by atomic mass is 35.5. The Balaban J connectivity index is 1.09. The fourth-order valence-corrected chi connectivity index (χ4v) is 9.62. The molecule has 1 aromatic carbocycles. The summed E-state index contributed by atoms with van der Waals surface area (Å²) in [6.07, 6.45) is 7.10. The van der Waals surface area contributed by atoms with Crippen LogP contribution in [-0.4, -0.2) is 92.6 Å². The number of ether oxygens (including phenoxy) is 1. The summed E-state index contributed by atoms with van der Waals surface area (Å²) >= 11 is 6.17. The van der Waals surface area contributed by atoms with Gasteiger partial charge in [0.15, 0.2) is 11.6 Å². The van der Waals surface area contributed by atoms with Crippen molar-refractivity contribution in [2.24, 2.45) is 10.8 Å². The normalized spacial score (nSPS) is 24.3. The Hall–Kier alpha value is -4.13. The van der Waals surface area contributed by atoms with Crippen LogP contribution in [0.2, 0.25) is 5.15 Å². The first kappa shape index (κ1) is 35.6. The number of likely N-dealkylation sites (tertiary alicyclic amines) is 2. The molecule has 0 bridgehead atoms. The number of piperidine rings is 1. The van der Waals surface area contributed by atoms with Crippen LogP contribution in [0.4, 0.5) is 21.6 Å². The predicted molar refractivity (Wildman–Crippen MR) is 207 cm³/mol. The van der Waals surface area contributed by atoms with E-state index in [9.17, 15) is 14.0 Å². The number of carbonyl (C=O) groups is 2. The molecule has 3 aromatic heterocycles. The average Bonchev–Trinajstić information content (AvgIpc) is 3.77. The molecule has 1 saturated carbocycles. The molecule has 3 saturated heterocycles. The van der Waals surface area contributed by atoms with Crippen molar-refractivity contribution in [3.63, 3.8) is 0 Å². The van der Waals surface area contributed by atoms with E-state index in [1.54, 1.807) is 6.33 Å². The van der Waals surface area contributed by atoms with Gasteiger partial charge in [-0.2, -0.15) is 0 Å². The minimum Gasteiger partial charge on any atom is -0.379 e. The van der Waals surface area contributed by atoms with Gasteiger partial charge in [-0.05, 0) is 82.5 Å². The number of pyridine rings is 2. The van der Waals surface area contributed by atoms with Gasteiger partial charge in [0.2, 0.25) is 11.8 Å². The van der Waals surface area contributed by atoms with Gasteiger partial charge in [0.25, 0.3) is 0 Å². The minimum absolute atomic E-state index is 0.0781. The Morgan fingerprint density at radius 3 is 2.44 bits per heavy atom. The third kappa shape index (κ3) is 5.70. The molecule has 4 fully saturated rings. The molecule has 284 valence electrons. The lowest BCUT2D eigenvalue weighted by molar-refractivity contribution is -0.170. The standard InChI is InChI=1S/C41H48ClFN8O3/c1-24(2)50-23-45-32-17-30(46-36(35(32)50)47-31-18-34(42)44-19-29(31)43)25-6-7-28-33(14-25)51(27-15-26(16-27)49-11-8-39(3,4)20-49)38(53)41(28)9-12-48(13-10-41)37(52)40(5)21-54-22-40/h6-7,14,17-19,23-24,26-27H,8-13,15-16,20-22H2,1-5H3,(H,44,46,47)/t26-,27+. The Morgan fingerprint density at radius 2 is 1.78 bits per heavy atom. The summed E-state index contributed by atoms with van der Waals surface area (Å²) in [4.78, 5) is 48.8. The van der Waals surface area contributed by atoms with E-state index >= 15 is 0 Å². The van der Waals surface area contributed by atoms with Gasteiger partial charge in [-0.25, -0.2) is 19.3 Å². The van der Waals surface area contributed by atoms with Crippen LogP contribution >= 0.6 is 11.6 Å². The van der Waals surface area contributed by atoms with Gasteiger partial charge in [-0.15, -0.1) is 0 Å². The molecule has 1 aliphatic carbocycles. The molecule has 11 nitrogen and oxygen atoms in total. The molecule has 13 heteroatoms. The van der Waals surface area contributed by atoms with Crippen molar-refractivity contribution < 1.29 is 18.7 Å². The van der Waals surface area contributed by atoms with Crippen LogP contribution in [0.3, 0.4) is 0 Å². The third-order valence-corrected chi connectivity index (χ3v) is 13.0. The van der Waals surface area contributed by atoms with Crippen molar-refractivity contribution in [2.45, 2.75) is 90.3 Å². The van der Waals surface area contributed by atoms with Crippen molar-refractivity contribution in [3.05, 3.63) is 59.4 Å². The quantitative estimate of drug-likeness (QED) is 0.199. The summed E-state index contributed by atoms with van der Waals surface area (Å²) in [7, 11) is 0. The van der Waals surface area contributed by atoms with Crippen LogP contribution in [0.15, 0.2) is 42.9 Å². The summed E-state index contributed by atoms with van der Waals surface area (Å²) in [6.45, 7) is 14.9. The van der Waals surface area contributed by atoms with E-state index in [-0.39, 0.29) is 34.7 Å². The number of hydrogen-bond acceptors (Lipinski definition) is 8. The number of benzene rings is 1. The first-order valence-corrected chi connectivity index (χ1v) is 19.7. The number of anilines is 3. The number of nitrogens with zero attached hydrogens (tertiary/aromatic N) is 7. The SMILES string of the molecule is CC(C)n1cnc2cc(-c3ccc4c(c3)N([C@H]3C[C@@H](N5CCC(C)(C)C5)C3)C(=O)C43CCN(C(=O)C4(C)COC4)CC3)nc(Nc3cc(Cl)ncc3F)c21. The maximum absolute atomic E-state index is 15.0. The minimum atomic E-state index is -0.694. The van der Waals surface area contributed by atoms with Crippen molar-refractivity contribution in [1.82, 2.24) is 29.3 Å². The predicted octanol–water partition coefficient (Wildman–Crippen LogP) is 7.12. The number of aromatic nitrogens is 4. The molecule has 4 aromatic rings. The lowest BCUT2D eigenvalue weighted by Gasteiger charge is -2.47. The van der Waals surface area contributed by atoms with Gasteiger partial charge >= 0.3 is 0 Å². The van der Waals surface area contributed by atoms with Crippen LogP contribution in [0.5, 0.6) is 0 Å². The highest BCUT2D eigenvalue weighted by Gasteiger charge is 2.57. The molecule has 54 heavy (non-hydrogen) atoms. The van der Waals surface area contributed by atoms with E-state index in [4.69, 9.17) is 26.3 Å². The topological polar surface area (TPSA) is 109 Å². The van der Waals surface area contributed by atoms with Gasteiger partial charge in [-0.1, -0.05) is 37.6 Å². The van der Waals surface area contributed by atoms with Gasteiger partial charge in [-0.3, -0.25) is 14.5 Å². The van der Waals surface area contributed by atoms with Crippen LogP contribution in [0.1, 0.15) is 78.3 Å². The molecule has 2 amide bonds. The first-order chi connectivity index (χ1) is 25.7. The molecule has 0 unspecified atom stereocenters. The Morgan fingerprint density at radius 1 is 1.02 bits per heavy atom. The van der Waals surface area contributed by atoms with Crippen LogP contribution in [0, 0.1) is 16.6 Å². The van der Waals surface area contributed by atoms with Gasteiger partial charge in [0.1, 0.15) is 10.7 Å². The van der Waals surface area contributed by atoms with E-state index in [0.717, 1.165) is 54.5 Å². The number of rotatable bonds is 7. The molecular weight excluding hydrogens is 707 g/mol.